The highest BCUT2D eigenvalue weighted by Gasteiger charge is 2.11. The topological polar surface area (TPSA) is 50.8 Å². The van der Waals surface area contributed by atoms with E-state index < -0.39 is 0 Å². The summed E-state index contributed by atoms with van der Waals surface area (Å²) in [6.07, 6.45) is 0. The lowest BCUT2D eigenvalue weighted by molar-refractivity contribution is 0.411. The fourth-order valence-corrected chi connectivity index (χ4v) is 3.53. The van der Waals surface area contributed by atoms with E-state index in [1.54, 1.807) is 7.11 Å². The van der Waals surface area contributed by atoms with Gasteiger partial charge in [-0.1, -0.05) is 57.5 Å². The van der Waals surface area contributed by atoms with Gasteiger partial charge in [-0.2, -0.15) is 0 Å². The summed E-state index contributed by atoms with van der Waals surface area (Å²) in [4.78, 5) is 4.53. The van der Waals surface area contributed by atoms with Crippen molar-refractivity contribution in [3.8, 4) is 17.1 Å². The second-order valence-corrected chi connectivity index (χ2v) is 6.92. The zero-order chi connectivity index (χ0) is 16.2. The van der Waals surface area contributed by atoms with Gasteiger partial charge in [-0.15, -0.1) is 5.10 Å². The van der Waals surface area contributed by atoms with Crippen LogP contribution in [0.2, 0.25) is 5.02 Å². The summed E-state index contributed by atoms with van der Waals surface area (Å²) in [5.74, 6) is 2.22. The van der Waals surface area contributed by atoms with Crippen molar-refractivity contribution < 1.29 is 4.74 Å². The molecule has 0 atom stereocenters. The molecule has 3 rings (SSSR count). The maximum Gasteiger partial charge on any atom is 0.209 e. The third-order valence-electron chi connectivity index (χ3n) is 3.19. The number of rotatable bonds is 5. The number of hydrogen-bond acceptors (Lipinski definition) is 4. The first-order valence-electron chi connectivity index (χ1n) is 6.80. The fraction of sp³-hybridized carbons (Fsp3) is 0.125. The number of aromatic nitrogens is 3. The molecule has 0 fully saturated rings. The molecule has 2 aromatic carbocycles. The van der Waals surface area contributed by atoms with Crippen molar-refractivity contribution in [1.29, 1.82) is 0 Å². The smallest absolute Gasteiger partial charge is 0.209 e. The fourth-order valence-electron chi connectivity index (χ4n) is 2.09. The van der Waals surface area contributed by atoms with Gasteiger partial charge in [0, 0.05) is 26.4 Å². The van der Waals surface area contributed by atoms with E-state index in [1.807, 2.05) is 42.5 Å². The molecule has 0 aliphatic carbocycles. The van der Waals surface area contributed by atoms with Gasteiger partial charge in [0.2, 0.25) is 5.16 Å². The van der Waals surface area contributed by atoms with E-state index in [4.69, 9.17) is 16.3 Å². The van der Waals surface area contributed by atoms with Gasteiger partial charge in [0.05, 0.1) is 7.11 Å². The summed E-state index contributed by atoms with van der Waals surface area (Å²) in [5.41, 5.74) is 1.99. The molecule has 0 saturated heterocycles. The number of ether oxygens (including phenoxy) is 1. The van der Waals surface area contributed by atoms with Crippen LogP contribution in [0.1, 0.15) is 5.56 Å². The normalized spacial score (nSPS) is 10.7. The average molecular weight is 411 g/mol. The Kier molecular flexibility index (Phi) is 5.25. The summed E-state index contributed by atoms with van der Waals surface area (Å²) >= 11 is 11.1. The summed E-state index contributed by atoms with van der Waals surface area (Å²) < 4.78 is 6.33. The van der Waals surface area contributed by atoms with E-state index >= 15 is 0 Å². The molecular formula is C16H13BrClN3OS. The van der Waals surface area contributed by atoms with Crippen molar-refractivity contribution in [2.45, 2.75) is 10.9 Å². The first-order valence-corrected chi connectivity index (χ1v) is 8.95. The number of nitrogens with one attached hydrogen (secondary N) is 1. The third kappa shape index (κ3) is 3.88. The van der Waals surface area contributed by atoms with Crippen LogP contribution in [-0.4, -0.2) is 22.3 Å². The minimum absolute atomic E-state index is 0.678. The van der Waals surface area contributed by atoms with Gasteiger partial charge in [0.25, 0.3) is 0 Å². The highest BCUT2D eigenvalue weighted by molar-refractivity contribution is 9.10. The molecular weight excluding hydrogens is 398 g/mol. The zero-order valence-electron chi connectivity index (χ0n) is 12.2. The zero-order valence-corrected chi connectivity index (χ0v) is 15.4. The molecule has 0 unspecified atom stereocenters. The summed E-state index contributed by atoms with van der Waals surface area (Å²) in [6.45, 7) is 0. The van der Waals surface area contributed by atoms with E-state index in [2.05, 4.69) is 31.1 Å². The van der Waals surface area contributed by atoms with Gasteiger partial charge in [-0.3, -0.25) is 5.10 Å². The molecule has 0 amide bonds. The number of benzene rings is 2. The van der Waals surface area contributed by atoms with Gasteiger partial charge in [-0.05, 0) is 24.3 Å². The second kappa shape index (κ2) is 7.38. The van der Waals surface area contributed by atoms with E-state index in [0.29, 0.717) is 15.9 Å². The Hall–Kier alpha value is -1.50. The van der Waals surface area contributed by atoms with Crippen molar-refractivity contribution in [3.63, 3.8) is 0 Å². The maximum absolute atomic E-state index is 6.05. The van der Waals surface area contributed by atoms with E-state index in [0.717, 1.165) is 27.2 Å². The van der Waals surface area contributed by atoms with E-state index in [9.17, 15) is 0 Å². The Balaban J connectivity index is 1.76. The molecule has 0 spiro atoms. The lowest BCUT2D eigenvalue weighted by Crippen LogP contribution is -1.90. The number of halogens is 2. The van der Waals surface area contributed by atoms with Crippen molar-refractivity contribution in [2.24, 2.45) is 0 Å². The van der Waals surface area contributed by atoms with Gasteiger partial charge in [0.15, 0.2) is 5.82 Å². The lowest BCUT2D eigenvalue weighted by Gasteiger charge is -2.07. The van der Waals surface area contributed by atoms with Crippen LogP contribution in [0.3, 0.4) is 0 Å². The second-order valence-electron chi connectivity index (χ2n) is 4.69. The molecule has 0 bridgehead atoms. The van der Waals surface area contributed by atoms with Crippen LogP contribution < -0.4 is 4.74 Å². The molecule has 0 aliphatic heterocycles. The van der Waals surface area contributed by atoms with Crippen molar-refractivity contribution in [2.75, 3.05) is 7.11 Å². The Bertz CT molecular complexity index is 825. The maximum atomic E-state index is 6.05. The molecule has 1 N–H and O–H groups in total. The molecule has 23 heavy (non-hydrogen) atoms. The van der Waals surface area contributed by atoms with Crippen LogP contribution >= 0.6 is 39.3 Å². The summed E-state index contributed by atoms with van der Waals surface area (Å²) in [6, 6.07) is 13.5. The standard InChI is InChI=1S/C16H13BrClN3OS/c1-22-14-7-6-11(18)8-10(14)9-23-16-19-15(20-21-16)12-4-2-3-5-13(12)17/h2-8H,9H2,1H3,(H,19,20,21). The minimum Gasteiger partial charge on any atom is -0.496 e. The predicted molar refractivity (Wildman–Crippen MR) is 97.1 cm³/mol. The van der Waals surface area contributed by atoms with Crippen molar-refractivity contribution >= 4 is 39.3 Å². The number of aromatic amines is 1. The van der Waals surface area contributed by atoms with Crippen molar-refractivity contribution in [1.82, 2.24) is 15.2 Å². The third-order valence-corrected chi connectivity index (χ3v) is 5.02. The van der Waals surface area contributed by atoms with Crippen LogP contribution in [0.5, 0.6) is 5.75 Å². The van der Waals surface area contributed by atoms with Gasteiger partial charge < -0.3 is 4.74 Å². The van der Waals surface area contributed by atoms with Crippen molar-refractivity contribution in [3.05, 3.63) is 57.5 Å². The van der Waals surface area contributed by atoms with Gasteiger partial charge >= 0.3 is 0 Å². The minimum atomic E-state index is 0.678. The first kappa shape index (κ1) is 16.4. The highest BCUT2D eigenvalue weighted by atomic mass is 79.9. The molecule has 1 aromatic heterocycles. The highest BCUT2D eigenvalue weighted by Crippen LogP contribution is 2.30. The number of H-pyrrole nitrogens is 1. The first-order chi connectivity index (χ1) is 11.2. The molecule has 0 saturated carbocycles. The molecule has 3 aromatic rings. The molecule has 118 valence electrons. The van der Waals surface area contributed by atoms with E-state index in [1.165, 1.54) is 11.8 Å². The molecule has 0 radical (unpaired) electrons. The largest absolute Gasteiger partial charge is 0.496 e. The SMILES string of the molecule is COc1ccc(Cl)cc1CSc1n[nH]c(-c2ccccc2Br)n1. The average Bonchev–Trinajstić information content (AvgIpc) is 3.02. The summed E-state index contributed by atoms with van der Waals surface area (Å²) in [7, 11) is 1.65. The Labute approximate surface area is 151 Å². The number of nitrogens with zero attached hydrogens (tertiary/aromatic N) is 2. The van der Waals surface area contributed by atoms with Crippen LogP contribution in [-0.2, 0) is 5.75 Å². The lowest BCUT2D eigenvalue weighted by atomic mass is 10.2. The van der Waals surface area contributed by atoms with E-state index in [-0.39, 0.29) is 0 Å². The Morgan fingerprint density at radius 3 is 2.87 bits per heavy atom. The number of thioether (sulfide) groups is 1. The summed E-state index contributed by atoms with van der Waals surface area (Å²) in [5, 5.41) is 8.59. The molecule has 4 nitrogen and oxygen atoms in total. The Morgan fingerprint density at radius 2 is 2.09 bits per heavy atom. The van der Waals surface area contributed by atoms with Crippen LogP contribution in [0.4, 0.5) is 0 Å². The van der Waals surface area contributed by atoms with Gasteiger partial charge in [-0.25, -0.2) is 4.98 Å². The van der Waals surface area contributed by atoms with Crippen LogP contribution in [0, 0.1) is 0 Å². The Morgan fingerprint density at radius 1 is 1.26 bits per heavy atom. The van der Waals surface area contributed by atoms with Gasteiger partial charge in [0.1, 0.15) is 5.75 Å². The van der Waals surface area contributed by atoms with Crippen LogP contribution in [0.15, 0.2) is 52.1 Å². The number of methoxy groups -OCH3 is 1. The monoisotopic (exact) mass is 409 g/mol. The molecule has 1 heterocycles. The predicted octanol–water partition coefficient (Wildman–Crippen LogP) is 5.19. The molecule has 0 aliphatic rings. The number of hydrogen-bond donors (Lipinski definition) is 1. The van der Waals surface area contributed by atoms with Crippen LogP contribution in [0.25, 0.3) is 11.4 Å². The quantitative estimate of drug-likeness (QED) is 0.588. The molecule has 7 heteroatoms.